The predicted molar refractivity (Wildman–Crippen MR) is 72.8 cm³/mol. The van der Waals surface area contributed by atoms with Gasteiger partial charge in [-0.1, -0.05) is 30.3 Å². The van der Waals surface area contributed by atoms with E-state index in [0.717, 1.165) is 12.0 Å². The summed E-state index contributed by atoms with van der Waals surface area (Å²) in [5.41, 5.74) is 2.07. The van der Waals surface area contributed by atoms with Crippen LogP contribution in [0.4, 0.5) is 4.39 Å². The number of rotatable bonds is 3. The van der Waals surface area contributed by atoms with Crippen molar-refractivity contribution in [2.24, 2.45) is 4.99 Å². The first-order valence-corrected chi connectivity index (χ1v) is 6.32. The molecule has 0 fully saturated rings. The summed E-state index contributed by atoms with van der Waals surface area (Å²) in [6.45, 7) is 0.654. The van der Waals surface area contributed by atoms with Crippen molar-refractivity contribution >= 4 is 5.90 Å². The fraction of sp³-hybridized carbons (Fsp3) is 0.188. The van der Waals surface area contributed by atoms with Gasteiger partial charge in [-0.25, -0.2) is 9.38 Å². The fourth-order valence-corrected chi connectivity index (χ4v) is 2.15. The molecule has 19 heavy (non-hydrogen) atoms. The molecule has 0 unspecified atom stereocenters. The third-order valence-electron chi connectivity index (χ3n) is 3.11. The smallest absolute Gasteiger partial charge is 0.216 e. The molecule has 0 aromatic heterocycles. The van der Waals surface area contributed by atoms with Gasteiger partial charge in [0.15, 0.2) is 0 Å². The minimum absolute atomic E-state index is 0.0717. The average molecular weight is 255 g/mol. The zero-order valence-corrected chi connectivity index (χ0v) is 10.4. The number of benzene rings is 2. The van der Waals surface area contributed by atoms with Crippen LogP contribution in [-0.4, -0.2) is 18.5 Å². The van der Waals surface area contributed by atoms with Crippen LogP contribution >= 0.6 is 0 Å². The van der Waals surface area contributed by atoms with Crippen molar-refractivity contribution in [3.63, 3.8) is 0 Å². The van der Waals surface area contributed by atoms with Gasteiger partial charge in [-0.3, -0.25) is 0 Å². The quantitative estimate of drug-likeness (QED) is 0.825. The van der Waals surface area contributed by atoms with Crippen LogP contribution in [0.5, 0.6) is 0 Å². The Bertz CT molecular complexity index is 577. The lowest BCUT2D eigenvalue weighted by atomic mass is 10.1. The van der Waals surface area contributed by atoms with Crippen molar-refractivity contribution in [3.05, 3.63) is 71.5 Å². The monoisotopic (exact) mass is 255 g/mol. The Labute approximate surface area is 111 Å². The number of halogens is 1. The minimum Gasteiger partial charge on any atom is -0.472 e. The molecule has 1 atom stereocenters. The maximum absolute atomic E-state index is 12.9. The van der Waals surface area contributed by atoms with Crippen molar-refractivity contribution in [2.45, 2.75) is 12.5 Å². The summed E-state index contributed by atoms with van der Waals surface area (Å²) in [6, 6.07) is 16.4. The minimum atomic E-state index is -0.247. The van der Waals surface area contributed by atoms with E-state index >= 15 is 0 Å². The second-order valence-corrected chi connectivity index (χ2v) is 4.58. The van der Waals surface area contributed by atoms with Crippen molar-refractivity contribution in [1.29, 1.82) is 0 Å². The summed E-state index contributed by atoms with van der Waals surface area (Å²) < 4.78 is 18.7. The number of ether oxygens (including phenoxy) is 1. The molecule has 0 saturated heterocycles. The van der Waals surface area contributed by atoms with Crippen molar-refractivity contribution in [1.82, 2.24) is 0 Å². The lowest BCUT2D eigenvalue weighted by Gasteiger charge is -2.11. The topological polar surface area (TPSA) is 21.6 Å². The number of hydrogen-bond donors (Lipinski definition) is 0. The molecule has 2 aromatic rings. The van der Waals surface area contributed by atoms with Gasteiger partial charge in [0.2, 0.25) is 5.90 Å². The zero-order chi connectivity index (χ0) is 13.1. The molecule has 0 spiro atoms. The Kier molecular flexibility index (Phi) is 3.27. The van der Waals surface area contributed by atoms with Gasteiger partial charge in [-0.2, -0.15) is 0 Å². The van der Waals surface area contributed by atoms with E-state index in [1.807, 2.05) is 18.2 Å². The van der Waals surface area contributed by atoms with Crippen molar-refractivity contribution < 1.29 is 9.13 Å². The van der Waals surface area contributed by atoms with E-state index in [2.05, 4.69) is 17.1 Å². The molecule has 0 bridgehead atoms. The average Bonchev–Trinajstić information content (AvgIpc) is 2.89. The molecule has 2 nitrogen and oxygen atoms in total. The van der Waals surface area contributed by atoms with Crippen molar-refractivity contribution in [2.75, 3.05) is 6.54 Å². The summed E-state index contributed by atoms with van der Waals surface area (Å²) >= 11 is 0. The summed E-state index contributed by atoms with van der Waals surface area (Å²) in [5.74, 6) is 0.365. The van der Waals surface area contributed by atoms with E-state index in [-0.39, 0.29) is 11.9 Å². The first kappa shape index (κ1) is 11.9. The lowest BCUT2D eigenvalue weighted by Crippen LogP contribution is -2.16. The van der Waals surface area contributed by atoms with E-state index in [9.17, 15) is 4.39 Å². The van der Waals surface area contributed by atoms with Crippen LogP contribution in [0.2, 0.25) is 0 Å². The second kappa shape index (κ2) is 5.22. The van der Waals surface area contributed by atoms with Crippen LogP contribution < -0.4 is 0 Å². The molecule has 1 aliphatic rings. The molecular weight excluding hydrogens is 241 g/mol. The van der Waals surface area contributed by atoms with E-state index in [0.29, 0.717) is 12.4 Å². The normalized spacial score (nSPS) is 17.9. The Morgan fingerprint density at radius 1 is 1.05 bits per heavy atom. The van der Waals surface area contributed by atoms with Crippen LogP contribution in [0.3, 0.4) is 0 Å². The molecule has 2 aromatic carbocycles. The molecule has 1 heterocycles. The maximum Gasteiger partial charge on any atom is 0.216 e. The van der Waals surface area contributed by atoms with Gasteiger partial charge in [0.25, 0.3) is 0 Å². The first-order valence-electron chi connectivity index (χ1n) is 6.32. The summed E-state index contributed by atoms with van der Waals surface area (Å²) in [5, 5.41) is 0. The van der Waals surface area contributed by atoms with Gasteiger partial charge < -0.3 is 4.74 Å². The van der Waals surface area contributed by atoms with Crippen LogP contribution in [0.25, 0.3) is 0 Å². The predicted octanol–water partition coefficient (Wildman–Crippen LogP) is 3.21. The van der Waals surface area contributed by atoms with Crippen LogP contribution in [0.15, 0.2) is 59.6 Å². The third-order valence-corrected chi connectivity index (χ3v) is 3.11. The highest BCUT2D eigenvalue weighted by Crippen LogP contribution is 2.16. The summed E-state index contributed by atoms with van der Waals surface area (Å²) in [6.07, 6.45) is 0.914. The molecule has 0 aliphatic carbocycles. The van der Waals surface area contributed by atoms with Gasteiger partial charge in [-0.05, 0) is 29.8 Å². The molecule has 3 rings (SSSR count). The van der Waals surface area contributed by atoms with Crippen LogP contribution in [0, 0.1) is 5.82 Å². The van der Waals surface area contributed by atoms with Gasteiger partial charge in [-0.15, -0.1) is 0 Å². The number of nitrogens with zero attached hydrogens (tertiary/aromatic N) is 1. The summed E-state index contributed by atoms with van der Waals surface area (Å²) in [7, 11) is 0. The lowest BCUT2D eigenvalue weighted by molar-refractivity contribution is 0.225. The highest BCUT2D eigenvalue weighted by molar-refractivity contribution is 5.95. The largest absolute Gasteiger partial charge is 0.472 e. The Morgan fingerprint density at radius 2 is 1.79 bits per heavy atom. The number of aliphatic imine (C=N–C) groups is 1. The second-order valence-electron chi connectivity index (χ2n) is 4.58. The number of hydrogen-bond acceptors (Lipinski definition) is 2. The van der Waals surface area contributed by atoms with Crippen LogP contribution in [-0.2, 0) is 11.2 Å². The highest BCUT2D eigenvalue weighted by Gasteiger charge is 2.21. The SMILES string of the molecule is Fc1ccc(C2=NC[C@@H](Cc3ccccc3)O2)cc1. The molecule has 0 N–H and O–H groups in total. The maximum atomic E-state index is 12.9. The molecule has 0 radical (unpaired) electrons. The fourth-order valence-electron chi connectivity index (χ4n) is 2.15. The zero-order valence-electron chi connectivity index (χ0n) is 10.4. The van der Waals surface area contributed by atoms with Crippen LogP contribution in [0.1, 0.15) is 11.1 Å². The summed E-state index contributed by atoms with van der Waals surface area (Å²) in [4.78, 5) is 4.39. The van der Waals surface area contributed by atoms with E-state index in [4.69, 9.17) is 4.74 Å². The van der Waals surface area contributed by atoms with E-state index in [1.165, 1.54) is 17.7 Å². The van der Waals surface area contributed by atoms with Gasteiger partial charge >= 0.3 is 0 Å². The van der Waals surface area contributed by atoms with E-state index in [1.54, 1.807) is 12.1 Å². The Hall–Kier alpha value is -2.16. The molecule has 3 heteroatoms. The molecule has 0 saturated carbocycles. The molecular formula is C16H14FNO. The van der Waals surface area contributed by atoms with Crippen molar-refractivity contribution in [3.8, 4) is 0 Å². The van der Waals surface area contributed by atoms with Gasteiger partial charge in [0, 0.05) is 12.0 Å². The highest BCUT2D eigenvalue weighted by atomic mass is 19.1. The first-order chi connectivity index (χ1) is 9.31. The Balaban J connectivity index is 1.65. The van der Waals surface area contributed by atoms with Gasteiger partial charge in [0.1, 0.15) is 11.9 Å². The standard InChI is InChI=1S/C16H14FNO/c17-14-8-6-13(7-9-14)16-18-11-15(19-16)10-12-4-2-1-3-5-12/h1-9,15H,10-11H2/t15-/m1/s1. The Morgan fingerprint density at radius 3 is 2.53 bits per heavy atom. The molecule has 1 aliphatic heterocycles. The van der Waals surface area contributed by atoms with E-state index < -0.39 is 0 Å². The molecule has 96 valence electrons. The molecule has 0 amide bonds. The third kappa shape index (κ3) is 2.81. The van der Waals surface area contributed by atoms with Gasteiger partial charge in [0.05, 0.1) is 6.54 Å².